The zero-order valence-electron chi connectivity index (χ0n) is 12.4. The Morgan fingerprint density at radius 2 is 1.78 bits per heavy atom. The van der Waals surface area contributed by atoms with Gasteiger partial charge in [-0.1, -0.05) is 32.9 Å². The van der Waals surface area contributed by atoms with Crippen molar-refractivity contribution >= 4 is 0 Å². The molecule has 0 amide bonds. The predicted molar refractivity (Wildman–Crippen MR) is 78.1 cm³/mol. The average Bonchev–Trinajstić information content (AvgIpc) is 2.33. The molecule has 18 heavy (non-hydrogen) atoms. The van der Waals surface area contributed by atoms with E-state index in [1.807, 2.05) is 12.1 Å². The monoisotopic (exact) mass is 249 g/mol. The smallest absolute Gasteiger partial charge is 0.118 e. The third kappa shape index (κ3) is 5.54. The molecule has 1 rings (SSSR count). The van der Waals surface area contributed by atoms with Gasteiger partial charge < -0.3 is 10.1 Å². The van der Waals surface area contributed by atoms with Crippen LogP contribution in [-0.2, 0) is 0 Å². The molecule has 1 aromatic carbocycles. The number of hydrogen-bond acceptors (Lipinski definition) is 2. The van der Waals surface area contributed by atoms with E-state index in [1.165, 1.54) is 18.4 Å². The van der Waals surface area contributed by atoms with E-state index >= 15 is 0 Å². The van der Waals surface area contributed by atoms with Crippen LogP contribution < -0.4 is 10.1 Å². The van der Waals surface area contributed by atoms with Gasteiger partial charge in [0.25, 0.3) is 0 Å². The van der Waals surface area contributed by atoms with Gasteiger partial charge in [-0.05, 0) is 49.4 Å². The van der Waals surface area contributed by atoms with Crippen molar-refractivity contribution in [2.24, 2.45) is 5.41 Å². The minimum Gasteiger partial charge on any atom is -0.497 e. The summed E-state index contributed by atoms with van der Waals surface area (Å²) in [6, 6.07) is 8.68. The van der Waals surface area contributed by atoms with Crippen LogP contribution in [0.5, 0.6) is 5.75 Å². The molecule has 0 aliphatic heterocycles. The molecule has 0 bridgehead atoms. The Morgan fingerprint density at radius 3 is 2.28 bits per heavy atom. The lowest BCUT2D eigenvalue weighted by Crippen LogP contribution is -2.21. The molecule has 0 spiro atoms. The molecule has 0 aromatic heterocycles. The van der Waals surface area contributed by atoms with Crippen LogP contribution in [-0.4, -0.2) is 13.7 Å². The molecule has 0 unspecified atom stereocenters. The quantitative estimate of drug-likeness (QED) is 0.764. The average molecular weight is 249 g/mol. The van der Waals surface area contributed by atoms with Crippen molar-refractivity contribution in [1.29, 1.82) is 0 Å². The maximum atomic E-state index is 5.16. The minimum absolute atomic E-state index is 0.399. The fourth-order valence-corrected chi connectivity index (χ4v) is 1.95. The summed E-state index contributed by atoms with van der Waals surface area (Å²) < 4.78 is 5.16. The molecule has 0 aliphatic rings. The van der Waals surface area contributed by atoms with Gasteiger partial charge in [0.05, 0.1) is 7.11 Å². The van der Waals surface area contributed by atoms with Crippen LogP contribution in [0, 0.1) is 5.41 Å². The lowest BCUT2D eigenvalue weighted by molar-refractivity contribution is 0.357. The summed E-state index contributed by atoms with van der Waals surface area (Å²) in [5.41, 5.74) is 1.75. The topological polar surface area (TPSA) is 21.3 Å². The van der Waals surface area contributed by atoms with Gasteiger partial charge in [0.2, 0.25) is 0 Å². The Labute approximate surface area is 112 Å². The normalized spacial score (nSPS) is 13.4. The van der Waals surface area contributed by atoms with Crippen LogP contribution in [0.15, 0.2) is 24.3 Å². The van der Waals surface area contributed by atoms with E-state index < -0.39 is 0 Å². The molecule has 2 heteroatoms. The molecule has 0 radical (unpaired) electrons. The zero-order valence-corrected chi connectivity index (χ0v) is 12.4. The molecule has 102 valence electrons. The first-order valence-corrected chi connectivity index (χ1v) is 6.80. The van der Waals surface area contributed by atoms with Crippen molar-refractivity contribution < 1.29 is 4.74 Å². The van der Waals surface area contributed by atoms with Crippen LogP contribution in [0.1, 0.15) is 52.1 Å². The van der Waals surface area contributed by atoms with E-state index in [9.17, 15) is 0 Å². The van der Waals surface area contributed by atoms with E-state index in [0.29, 0.717) is 11.5 Å². The fraction of sp³-hybridized carbons (Fsp3) is 0.625. The first kappa shape index (κ1) is 15.0. The lowest BCUT2D eigenvalue weighted by atomic mass is 9.90. The third-order valence-corrected chi connectivity index (χ3v) is 3.17. The van der Waals surface area contributed by atoms with Gasteiger partial charge in [-0.25, -0.2) is 0 Å². The van der Waals surface area contributed by atoms with Gasteiger partial charge in [0, 0.05) is 6.04 Å². The van der Waals surface area contributed by atoms with Gasteiger partial charge in [-0.15, -0.1) is 0 Å². The van der Waals surface area contributed by atoms with Crippen molar-refractivity contribution in [1.82, 2.24) is 5.32 Å². The van der Waals surface area contributed by atoms with Gasteiger partial charge in [0.15, 0.2) is 0 Å². The Kier molecular flexibility index (Phi) is 5.67. The van der Waals surface area contributed by atoms with Crippen LogP contribution in [0.4, 0.5) is 0 Å². The number of benzene rings is 1. The summed E-state index contributed by atoms with van der Waals surface area (Å²) in [5.74, 6) is 0.915. The van der Waals surface area contributed by atoms with Gasteiger partial charge >= 0.3 is 0 Å². The summed E-state index contributed by atoms with van der Waals surface area (Å²) in [6.45, 7) is 10.2. The van der Waals surface area contributed by atoms with Crippen molar-refractivity contribution in [3.8, 4) is 5.75 Å². The molecule has 1 N–H and O–H groups in total. The molecular weight excluding hydrogens is 222 g/mol. The first-order chi connectivity index (χ1) is 8.42. The SMILES string of the molecule is COc1ccc([C@H](C)NCCCC(C)(C)C)cc1. The van der Waals surface area contributed by atoms with E-state index in [2.05, 4.69) is 45.1 Å². The second-order valence-corrected chi connectivity index (χ2v) is 6.11. The highest BCUT2D eigenvalue weighted by Crippen LogP contribution is 2.21. The summed E-state index contributed by atoms with van der Waals surface area (Å²) in [4.78, 5) is 0. The number of nitrogens with one attached hydrogen (secondary N) is 1. The number of rotatable bonds is 6. The van der Waals surface area contributed by atoms with E-state index in [1.54, 1.807) is 7.11 Å². The second-order valence-electron chi connectivity index (χ2n) is 6.11. The zero-order chi connectivity index (χ0) is 13.6. The molecular formula is C16H27NO. The molecule has 0 saturated carbocycles. The fourth-order valence-electron chi connectivity index (χ4n) is 1.95. The Balaban J connectivity index is 2.33. The maximum Gasteiger partial charge on any atom is 0.118 e. The van der Waals surface area contributed by atoms with E-state index in [4.69, 9.17) is 4.74 Å². The molecule has 2 nitrogen and oxygen atoms in total. The highest BCUT2D eigenvalue weighted by Gasteiger charge is 2.10. The standard InChI is InChI=1S/C16H27NO/c1-13(17-12-6-11-16(2,3)4)14-7-9-15(18-5)10-8-14/h7-10,13,17H,6,11-12H2,1-5H3/t13-/m0/s1. The van der Waals surface area contributed by atoms with Crippen LogP contribution in [0.25, 0.3) is 0 Å². The molecule has 1 atom stereocenters. The second kappa shape index (κ2) is 6.79. The van der Waals surface area contributed by atoms with Gasteiger partial charge in [-0.3, -0.25) is 0 Å². The van der Waals surface area contributed by atoms with Gasteiger partial charge in [-0.2, -0.15) is 0 Å². The third-order valence-electron chi connectivity index (χ3n) is 3.17. The number of methoxy groups -OCH3 is 1. The summed E-state index contributed by atoms with van der Waals surface area (Å²) in [5, 5.41) is 3.57. The summed E-state index contributed by atoms with van der Waals surface area (Å²) in [7, 11) is 1.70. The summed E-state index contributed by atoms with van der Waals surface area (Å²) in [6.07, 6.45) is 2.49. The van der Waals surface area contributed by atoms with Gasteiger partial charge in [0.1, 0.15) is 5.75 Å². The molecule has 1 aromatic rings. The first-order valence-electron chi connectivity index (χ1n) is 6.80. The van der Waals surface area contributed by atoms with Crippen LogP contribution in [0.2, 0.25) is 0 Å². The lowest BCUT2D eigenvalue weighted by Gasteiger charge is -2.19. The van der Waals surface area contributed by atoms with E-state index in [0.717, 1.165) is 12.3 Å². The van der Waals surface area contributed by atoms with Crippen LogP contribution in [0.3, 0.4) is 0 Å². The maximum absolute atomic E-state index is 5.16. The predicted octanol–water partition coefficient (Wildman–Crippen LogP) is 4.17. The van der Waals surface area contributed by atoms with Crippen molar-refractivity contribution in [2.75, 3.05) is 13.7 Å². The Bertz CT molecular complexity index is 337. The largest absolute Gasteiger partial charge is 0.497 e. The van der Waals surface area contributed by atoms with Crippen molar-refractivity contribution in [2.45, 2.75) is 46.6 Å². The minimum atomic E-state index is 0.399. The molecule has 0 aliphatic carbocycles. The van der Waals surface area contributed by atoms with E-state index in [-0.39, 0.29) is 0 Å². The number of ether oxygens (including phenoxy) is 1. The van der Waals surface area contributed by atoms with Crippen molar-refractivity contribution in [3.05, 3.63) is 29.8 Å². The van der Waals surface area contributed by atoms with Crippen LogP contribution >= 0.6 is 0 Å². The Hall–Kier alpha value is -1.02. The Morgan fingerprint density at radius 1 is 1.17 bits per heavy atom. The highest BCUT2D eigenvalue weighted by atomic mass is 16.5. The van der Waals surface area contributed by atoms with Crippen molar-refractivity contribution in [3.63, 3.8) is 0 Å². The molecule has 0 saturated heterocycles. The molecule has 0 fully saturated rings. The number of hydrogen-bond donors (Lipinski definition) is 1. The summed E-state index contributed by atoms with van der Waals surface area (Å²) >= 11 is 0. The highest BCUT2D eigenvalue weighted by molar-refractivity contribution is 5.28. The molecule has 0 heterocycles.